The Hall–Kier alpha value is 1.74. The molecule has 0 rings (SSSR count). The van der Waals surface area contributed by atoms with Gasteiger partial charge in [0.2, 0.25) is 0 Å². The van der Waals surface area contributed by atoms with Gasteiger partial charge in [-0.15, -0.1) is 69.6 Å². The average Bonchev–Trinajstić information content (AvgIpc) is 2.33. The molecule has 0 saturated heterocycles. The van der Waals surface area contributed by atoms with Gasteiger partial charge in [-0.1, -0.05) is 6.92 Å². The summed E-state index contributed by atoms with van der Waals surface area (Å²) in [7, 11) is 0. The Bertz CT molecular complexity index is 211. The van der Waals surface area contributed by atoms with Gasteiger partial charge in [0.05, 0.1) is 16.1 Å². The fourth-order valence-electron chi connectivity index (χ4n) is 1.49. The second kappa shape index (κ2) is 10.5. The first-order valence-corrected chi connectivity index (χ1v) is 8.75. The van der Waals surface area contributed by atoms with E-state index in [1.165, 1.54) is 0 Å². The van der Waals surface area contributed by atoms with Gasteiger partial charge in [-0.25, -0.2) is 0 Å². The van der Waals surface area contributed by atoms with Gasteiger partial charge in [-0.05, 0) is 32.6 Å². The fourth-order valence-corrected chi connectivity index (χ4v) is 2.85. The smallest absolute Gasteiger partial charge is 0.0514 e. The van der Waals surface area contributed by atoms with Crippen LogP contribution in [0.5, 0.6) is 0 Å². The summed E-state index contributed by atoms with van der Waals surface area (Å²) in [5.74, 6) is 0. The van der Waals surface area contributed by atoms with Crippen molar-refractivity contribution in [3.63, 3.8) is 0 Å². The Morgan fingerprint density at radius 3 is 1.50 bits per heavy atom. The van der Waals surface area contributed by atoms with E-state index in [1.807, 2.05) is 13.8 Å². The van der Waals surface area contributed by atoms with Crippen molar-refractivity contribution in [2.45, 2.75) is 71.8 Å². The molecule has 0 N–H and O–H groups in total. The molecule has 0 aliphatic carbocycles. The molecule has 0 amide bonds. The lowest BCUT2D eigenvalue weighted by Gasteiger charge is -2.21. The van der Waals surface area contributed by atoms with Crippen LogP contribution in [0.2, 0.25) is 0 Å². The van der Waals surface area contributed by atoms with Gasteiger partial charge in [0.25, 0.3) is 0 Å². The quantitative estimate of drug-likeness (QED) is 0.418. The molecule has 0 nitrogen and oxygen atoms in total. The van der Waals surface area contributed by atoms with Crippen molar-refractivity contribution in [1.29, 1.82) is 0 Å². The normalized spacial score (nSPS) is 22.0. The van der Waals surface area contributed by atoms with Crippen LogP contribution in [-0.4, -0.2) is 32.3 Å². The standard InChI is InChI=1S/C12H20Cl6/c1-3-8(14)9(15)4-5-10(16)12(18)6-11(17)7(2)13/h7-12H,3-6H2,1-2H3. The minimum atomic E-state index is -0.199. The largest absolute Gasteiger partial charge is 0.122 e. The summed E-state index contributed by atoms with van der Waals surface area (Å²) < 4.78 is 0. The van der Waals surface area contributed by atoms with E-state index in [0.717, 1.165) is 19.3 Å². The maximum absolute atomic E-state index is 6.24. The van der Waals surface area contributed by atoms with Crippen LogP contribution in [-0.2, 0) is 0 Å². The Labute approximate surface area is 141 Å². The Morgan fingerprint density at radius 2 is 1.11 bits per heavy atom. The zero-order valence-corrected chi connectivity index (χ0v) is 15.1. The third-order valence-electron chi connectivity index (χ3n) is 2.84. The molecule has 0 aromatic carbocycles. The van der Waals surface area contributed by atoms with Gasteiger partial charge in [0.15, 0.2) is 0 Å². The molecule has 0 aromatic heterocycles. The minimum absolute atomic E-state index is 0.0204. The van der Waals surface area contributed by atoms with E-state index >= 15 is 0 Å². The molecule has 0 saturated carbocycles. The average molecular weight is 377 g/mol. The highest BCUT2D eigenvalue weighted by Crippen LogP contribution is 2.27. The Kier molecular flexibility index (Phi) is 11.5. The number of alkyl halides is 6. The van der Waals surface area contributed by atoms with Crippen molar-refractivity contribution in [3.8, 4) is 0 Å². The summed E-state index contributed by atoms with van der Waals surface area (Å²) in [5.41, 5.74) is 0. The van der Waals surface area contributed by atoms with Crippen LogP contribution < -0.4 is 0 Å². The lowest BCUT2D eigenvalue weighted by Crippen LogP contribution is -2.25. The summed E-state index contributed by atoms with van der Waals surface area (Å²) >= 11 is 36.6. The van der Waals surface area contributed by atoms with Crippen molar-refractivity contribution in [2.24, 2.45) is 0 Å². The topological polar surface area (TPSA) is 0 Å². The van der Waals surface area contributed by atoms with Crippen LogP contribution in [0.3, 0.4) is 0 Å². The Morgan fingerprint density at radius 1 is 0.667 bits per heavy atom. The first-order valence-electron chi connectivity index (χ1n) is 6.14. The third kappa shape index (κ3) is 8.12. The van der Waals surface area contributed by atoms with Crippen molar-refractivity contribution in [3.05, 3.63) is 0 Å². The van der Waals surface area contributed by atoms with Gasteiger partial charge in [-0.3, -0.25) is 0 Å². The second-order valence-corrected chi connectivity index (χ2v) is 7.97. The molecule has 0 aliphatic rings. The number of rotatable bonds is 9. The van der Waals surface area contributed by atoms with Crippen molar-refractivity contribution < 1.29 is 0 Å². The maximum Gasteiger partial charge on any atom is 0.0514 e. The molecule has 0 aromatic rings. The third-order valence-corrected chi connectivity index (χ3v) is 6.23. The van der Waals surface area contributed by atoms with Crippen LogP contribution in [0.25, 0.3) is 0 Å². The Balaban J connectivity index is 3.97. The van der Waals surface area contributed by atoms with E-state index in [-0.39, 0.29) is 32.3 Å². The second-order valence-electron chi connectivity index (χ2n) is 4.48. The number of halogens is 6. The summed E-state index contributed by atoms with van der Waals surface area (Å²) in [4.78, 5) is 0. The number of hydrogen-bond acceptors (Lipinski definition) is 0. The molecule has 110 valence electrons. The first-order chi connectivity index (χ1) is 8.29. The van der Waals surface area contributed by atoms with Gasteiger partial charge < -0.3 is 0 Å². The summed E-state index contributed by atoms with van der Waals surface area (Å²) in [6, 6.07) is 0. The minimum Gasteiger partial charge on any atom is -0.122 e. The van der Waals surface area contributed by atoms with E-state index in [9.17, 15) is 0 Å². The lowest BCUT2D eigenvalue weighted by atomic mass is 10.0. The fraction of sp³-hybridized carbons (Fsp3) is 1.00. The highest BCUT2D eigenvalue weighted by molar-refractivity contribution is 6.32. The van der Waals surface area contributed by atoms with Gasteiger partial charge in [0.1, 0.15) is 0 Å². The summed E-state index contributed by atoms with van der Waals surface area (Å²) in [6.07, 6.45) is 2.92. The van der Waals surface area contributed by atoms with Crippen LogP contribution in [0.15, 0.2) is 0 Å². The van der Waals surface area contributed by atoms with E-state index < -0.39 is 0 Å². The van der Waals surface area contributed by atoms with Gasteiger partial charge >= 0.3 is 0 Å². The summed E-state index contributed by atoms with van der Waals surface area (Å²) in [6.45, 7) is 3.86. The predicted octanol–water partition coefficient (Wildman–Crippen LogP) is 6.23. The molecule has 6 unspecified atom stereocenters. The molecule has 6 atom stereocenters. The SMILES string of the molecule is CCC(Cl)C(Cl)CCC(Cl)C(Cl)CC(Cl)C(C)Cl. The maximum atomic E-state index is 6.24. The number of hydrogen-bond donors (Lipinski definition) is 0. The highest BCUT2D eigenvalue weighted by atomic mass is 35.5. The van der Waals surface area contributed by atoms with Crippen molar-refractivity contribution >= 4 is 69.6 Å². The van der Waals surface area contributed by atoms with E-state index in [0.29, 0.717) is 6.42 Å². The highest BCUT2D eigenvalue weighted by Gasteiger charge is 2.24. The lowest BCUT2D eigenvalue weighted by molar-refractivity contribution is 0.583. The van der Waals surface area contributed by atoms with Crippen LogP contribution in [0.4, 0.5) is 0 Å². The van der Waals surface area contributed by atoms with Crippen LogP contribution in [0.1, 0.15) is 39.5 Å². The molecule has 0 heterocycles. The molecule has 6 heteroatoms. The van der Waals surface area contributed by atoms with E-state index in [4.69, 9.17) is 69.6 Å². The molecule has 0 bridgehead atoms. The zero-order chi connectivity index (χ0) is 14.3. The van der Waals surface area contributed by atoms with Gasteiger partial charge in [0, 0.05) is 16.1 Å². The van der Waals surface area contributed by atoms with Crippen molar-refractivity contribution in [1.82, 2.24) is 0 Å². The zero-order valence-electron chi connectivity index (χ0n) is 10.6. The molecule has 0 spiro atoms. The monoisotopic (exact) mass is 374 g/mol. The first kappa shape index (κ1) is 19.7. The molecular weight excluding hydrogens is 357 g/mol. The molecule has 0 radical (unpaired) electrons. The molecule has 18 heavy (non-hydrogen) atoms. The molecule has 0 aliphatic heterocycles. The van der Waals surface area contributed by atoms with Gasteiger partial charge in [-0.2, -0.15) is 0 Å². The predicted molar refractivity (Wildman–Crippen MR) is 87.7 cm³/mol. The van der Waals surface area contributed by atoms with Crippen LogP contribution >= 0.6 is 69.6 Å². The van der Waals surface area contributed by atoms with E-state index in [1.54, 1.807) is 0 Å². The van der Waals surface area contributed by atoms with Crippen molar-refractivity contribution in [2.75, 3.05) is 0 Å². The summed E-state index contributed by atoms with van der Waals surface area (Å²) in [5, 5.41) is -0.739. The van der Waals surface area contributed by atoms with Crippen LogP contribution in [0, 0.1) is 0 Å². The van der Waals surface area contributed by atoms with E-state index in [2.05, 4.69) is 0 Å². The molecular formula is C12H20Cl6. The molecule has 0 fully saturated rings.